The third-order valence-corrected chi connectivity index (χ3v) is 4.65. The number of H-pyrrole nitrogens is 1. The number of rotatable bonds is 6. The van der Waals surface area contributed by atoms with Gasteiger partial charge in [0.2, 0.25) is 5.91 Å². The third-order valence-electron chi connectivity index (χ3n) is 4.65. The smallest absolute Gasteiger partial charge is 0.275 e. The highest BCUT2D eigenvalue weighted by molar-refractivity contribution is 5.96. The van der Waals surface area contributed by atoms with Crippen molar-refractivity contribution < 1.29 is 19.1 Å². The molecular formula is C19H24N4O4. The summed E-state index contributed by atoms with van der Waals surface area (Å²) in [6, 6.07) is 8.51. The van der Waals surface area contributed by atoms with Gasteiger partial charge < -0.3 is 19.3 Å². The minimum absolute atomic E-state index is 0.0331. The van der Waals surface area contributed by atoms with E-state index in [0.717, 1.165) is 0 Å². The lowest BCUT2D eigenvalue weighted by molar-refractivity contribution is -0.138. The highest BCUT2D eigenvalue weighted by atomic mass is 16.5. The van der Waals surface area contributed by atoms with Crippen molar-refractivity contribution in [2.45, 2.75) is 26.0 Å². The summed E-state index contributed by atoms with van der Waals surface area (Å²) in [6.45, 7) is 3.17. The molecule has 1 atom stereocenters. The number of aromatic amines is 1. The number of piperazine rings is 1. The lowest BCUT2D eigenvalue weighted by Gasteiger charge is -2.38. The molecule has 1 fully saturated rings. The Balaban J connectivity index is 1.66. The normalized spacial score (nSPS) is 17.1. The molecule has 2 heterocycles. The zero-order valence-corrected chi connectivity index (χ0v) is 15.8. The predicted octanol–water partition coefficient (Wildman–Crippen LogP) is 1.69. The molecule has 0 saturated carbocycles. The van der Waals surface area contributed by atoms with Gasteiger partial charge in [-0.25, -0.2) is 0 Å². The summed E-state index contributed by atoms with van der Waals surface area (Å²) in [7, 11) is 3.36. The number of hydrogen-bond donors (Lipinski definition) is 1. The average Bonchev–Trinajstić information content (AvgIpc) is 3.17. The molecule has 2 amide bonds. The highest BCUT2D eigenvalue weighted by Gasteiger charge is 2.35. The number of hydrogen-bond acceptors (Lipinski definition) is 5. The highest BCUT2D eigenvalue weighted by Crippen LogP contribution is 2.20. The second-order valence-corrected chi connectivity index (χ2v) is 6.43. The summed E-state index contributed by atoms with van der Waals surface area (Å²) >= 11 is 0. The van der Waals surface area contributed by atoms with Crippen molar-refractivity contribution in [2.75, 3.05) is 27.2 Å². The van der Waals surface area contributed by atoms with Crippen LogP contribution in [0.15, 0.2) is 30.3 Å². The Morgan fingerprint density at radius 3 is 2.81 bits per heavy atom. The van der Waals surface area contributed by atoms with Gasteiger partial charge in [-0.1, -0.05) is 13.0 Å². The number of likely N-dealkylation sites (N-methyl/N-ethyl adjacent to an activating group) is 1. The van der Waals surface area contributed by atoms with Crippen molar-refractivity contribution in [3.05, 3.63) is 41.7 Å². The molecule has 1 N–H and O–H groups in total. The fourth-order valence-electron chi connectivity index (χ4n) is 3.09. The zero-order chi connectivity index (χ0) is 19.4. The molecular weight excluding hydrogens is 348 g/mol. The van der Waals surface area contributed by atoms with Gasteiger partial charge in [0.1, 0.15) is 24.1 Å². The number of amides is 2. The monoisotopic (exact) mass is 372 g/mol. The van der Waals surface area contributed by atoms with E-state index < -0.39 is 6.04 Å². The number of ether oxygens (including phenoxy) is 2. The molecule has 1 aliphatic heterocycles. The maximum absolute atomic E-state index is 12.8. The molecule has 8 heteroatoms. The summed E-state index contributed by atoms with van der Waals surface area (Å²) in [4.78, 5) is 28.4. The Bertz CT molecular complexity index is 820. The van der Waals surface area contributed by atoms with E-state index in [0.29, 0.717) is 36.7 Å². The largest absolute Gasteiger partial charge is 0.497 e. The summed E-state index contributed by atoms with van der Waals surface area (Å²) in [6.07, 6.45) is 0.575. The van der Waals surface area contributed by atoms with Gasteiger partial charge in [-0.3, -0.25) is 14.7 Å². The molecule has 1 aliphatic rings. The van der Waals surface area contributed by atoms with Crippen LogP contribution >= 0.6 is 0 Å². The van der Waals surface area contributed by atoms with Crippen LogP contribution in [-0.4, -0.2) is 65.1 Å². The Morgan fingerprint density at radius 1 is 1.30 bits per heavy atom. The van der Waals surface area contributed by atoms with Crippen LogP contribution in [0.2, 0.25) is 0 Å². The van der Waals surface area contributed by atoms with Crippen LogP contribution in [0.4, 0.5) is 0 Å². The van der Waals surface area contributed by atoms with Crippen LogP contribution < -0.4 is 9.47 Å². The molecule has 8 nitrogen and oxygen atoms in total. The van der Waals surface area contributed by atoms with Crippen LogP contribution in [0.5, 0.6) is 11.5 Å². The Kier molecular flexibility index (Phi) is 5.63. The molecule has 27 heavy (non-hydrogen) atoms. The fourth-order valence-corrected chi connectivity index (χ4v) is 3.09. The van der Waals surface area contributed by atoms with Gasteiger partial charge in [0.05, 0.1) is 12.8 Å². The van der Waals surface area contributed by atoms with Crippen molar-refractivity contribution in [1.29, 1.82) is 0 Å². The quantitative estimate of drug-likeness (QED) is 0.834. The van der Waals surface area contributed by atoms with Gasteiger partial charge in [0.25, 0.3) is 5.91 Å². The molecule has 0 aliphatic carbocycles. The lowest BCUT2D eigenvalue weighted by atomic mass is 10.1. The van der Waals surface area contributed by atoms with E-state index in [9.17, 15) is 9.59 Å². The molecule has 1 saturated heterocycles. The standard InChI is InChI=1S/C19H24N4O4/c1-4-17-19(25)22(2)8-9-23(17)18(24)16-10-13(20-21-16)12-27-15-7-5-6-14(11-15)26-3/h5-7,10-11,17H,4,8-9,12H2,1-3H3,(H,20,21)/t17-/m0/s1. The number of carbonyl (C=O) groups is 2. The van der Waals surface area contributed by atoms with E-state index >= 15 is 0 Å². The molecule has 144 valence electrons. The van der Waals surface area contributed by atoms with Gasteiger partial charge in [-0.15, -0.1) is 0 Å². The summed E-state index contributed by atoms with van der Waals surface area (Å²) in [5.74, 6) is 1.09. The van der Waals surface area contributed by atoms with Crippen molar-refractivity contribution in [3.8, 4) is 11.5 Å². The molecule has 0 unspecified atom stereocenters. The number of nitrogens with one attached hydrogen (secondary N) is 1. The number of methoxy groups -OCH3 is 1. The maximum atomic E-state index is 12.8. The minimum Gasteiger partial charge on any atom is -0.497 e. The van der Waals surface area contributed by atoms with Crippen molar-refractivity contribution >= 4 is 11.8 Å². The summed E-state index contributed by atoms with van der Waals surface area (Å²) in [5.41, 5.74) is 0.963. The number of nitrogens with zero attached hydrogens (tertiary/aromatic N) is 3. The van der Waals surface area contributed by atoms with Crippen LogP contribution in [0, 0.1) is 0 Å². The second-order valence-electron chi connectivity index (χ2n) is 6.43. The van der Waals surface area contributed by atoms with E-state index in [1.807, 2.05) is 25.1 Å². The number of carbonyl (C=O) groups excluding carboxylic acids is 2. The van der Waals surface area contributed by atoms with Gasteiger partial charge in [0, 0.05) is 26.2 Å². The van der Waals surface area contributed by atoms with E-state index in [1.54, 1.807) is 36.1 Å². The van der Waals surface area contributed by atoms with Gasteiger partial charge >= 0.3 is 0 Å². The van der Waals surface area contributed by atoms with Gasteiger partial charge in [0.15, 0.2) is 5.69 Å². The predicted molar refractivity (Wildman–Crippen MR) is 98.7 cm³/mol. The van der Waals surface area contributed by atoms with E-state index in [4.69, 9.17) is 9.47 Å². The topological polar surface area (TPSA) is 87.8 Å². The van der Waals surface area contributed by atoms with Gasteiger partial charge in [-0.05, 0) is 24.6 Å². The Hall–Kier alpha value is -3.03. The first-order chi connectivity index (χ1) is 13.0. The molecule has 0 spiro atoms. The SMILES string of the molecule is CC[C@H]1C(=O)N(C)CCN1C(=O)c1cc(COc2cccc(OC)c2)[nH]n1. The number of benzene rings is 1. The second kappa shape index (κ2) is 8.11. The summed E-state index contributed by atoms with van der Waals surface area (Å²) in [5, 5.41) is 6.93. The lowest BCUT2D eigenvalue weighted by Crippen LogP contribution is -2.57. The van der Waals surface area contributed by atoms with Gasteiger partial charge in [-0.2, -0.15) is 5.10 Å². The third kappa shape index (κ3) is 4.05. The minimum atomic E-state index is -0.440. The van der Waals surface area contributed by atoms with Crippen molar-refractivity contribution in [2.24, 2.45) is 0 Å². The van der Waals surface area contributed by atoms with Crippen molar-refractivity contribution in [3.63, 3.8) is 0 Å². The van der Waals surface area contributed by atoms with E-state index in [-0.39, 0.29) is 24.1 Å². The Labute approximate surface area is 158 Å². The maximum Gasteiger partial charge on any atom is 0.275 e. The zero-order valence-electron chi connectivity index (χ0n) is 15.8. The van der Waals surface area contributed by atoms with Crippen LogP contribution in [0.25, 0.3) is 0 Å². The van der Waals surface area contributed by atoms with E-state index in [2.05, 4.69) is 10.2 Å². The van der Waals surface area contributed by atoms with E-state index in [1.165, 1.54) is 0 Å². The molecule has 0 bridgehead atoms. The summed E-state index contributed by atoms with van der Waals surface area (Å²) < 4.78 is 10.9. The first kappa shape index (κ1) is 18.8. The molecule has 2 aromatic rings. The average molecular weight is 372 g/mol. The van der Waals surface area contributed by atoms with Crippen LogP contribution in [0.3, 0.4) is 0 Å². The molecule has 3 rings (SSSR count). The number of aromatic nitrogens is 2. The molecule has 0 radical (unpaired) electrons. The molecule has 1 aromatic carbocycles. The molecule has 1 aromatic heterocycles. The fraction of sp³-hybridized carbons (Fsp3) is 0.421. The Morgan fingerprint density at radius 2 is 2.07 bits per heavy atom. The van der Waals surface area contributed by atoms with Crippen LogP contribution in [-0.2, 0) is 11.4 Å². The van der Waals surface area contributed by atoms with Crippen LogP contribution in [0.1, 0.15) is 29.5 Å². The first-order valence-corrected chi connectivity index (χ1v) is 8.90. The first-order valence-electron chi connectivity index (χ1n) is 8.90. The van der Waals surface area contributed by atoms with Crippen molar-refractivity contribution in [1.82, 2.24) is 20.0 Å².